The number of pyridine rings is 1. The highest BCUT2D eigenvalue weighted by Crippen LogP contribution is 2.35. The van der Waals surface area contributed by atoms with Gasteiger partial charge >= 0.3 is 0 Å². The third-order valence-electron chi connectivity index (χ3n) is 5.23. The lowest BCUT2D eigenvalue weighted by Crippen LogP contribution is -2.26. The van der Waals surface area contributed by atoms with E-state index in [9.17, 15) is 18.4 Å². The number of nitrogens with one attached hydrogen (secondary N) is 1. The molecule has 4 rings (SSSR count). The number of nitrogens with zero attached hydrogens (tertiary/aromatic N) is 2. The SMILES string of the molecule is CCC(=O)N1N=C(c2c(C)c3ccsc3[nH]c2=O)CC1c1ccc(C(F)F)cc1. The summed E-state index contributed by atoms with van der Waals surface area (Å²) >= 11 is 1.46. The zero-order chi connectivity index (χ0) is 20.7. The molecule has 0 bridgehead atoms. The summed E-state index contributed by atoms with van der Waals surface area (Å²) in [5.74, 6) is -0.186. The Balaban J connectivity index is 1.77. The number of aryl methyl sites for hydroxylation is 1. The normalized spacial score (nSPS) is 16.7. The number of benzene rings is 1. The predicted octanol–water partition coefficient (Wildman–Crippen LogP) is 4.92. The molecule has 1 aliphatic rings. The van der Waals surface area contributed by atoms with E-state index < -0.39 is 12.5 Å². The van der Waals surface area contributed by atoms with Crippen LogP contribution in [0.25, 0.3) is 10.2 Å². The molecule has 3 aromatic rings. The predicted molar refractivity (Wildman–Crippen MR) is 110 cm³/mol. The van der Waals surface area contributed by atoms with E-state index in [4.69, 9.17) is 0 Å². The molecular weight excluding hydrogens is 396 g/mol. The highest BCUT2D eigenvalue weighted by molar-refractivity contribution is 7.16. The van der Waals surface area contributed by atoms with E-state index in [1.165, 1.54) is 28.5 Å². The first-order chi connectivity index (χ1) is 13.9. The molecule has 0 radical (unpaired) electrons. The lowest BCUT2D eigenvalue weighted by atomic mass is 9.95. The monoisotopic (exact) mass is 415 g/mol. The van der Waals surface area contributed by atoms with Gasteiger partial charge in [0.25, 0.3) is 12.0 Å². The van der Waals surface area contributed by atoms with Crippen molar-refractivity contribution in [2.45, 2.75) is 39.2 Å². The van der Waals surface area contributed by atoms with Gasteiger partial charge in [0.1, 0.15) is 4.83 Å². The molecule has 0 fully saturated rings. The van der Waals surface area contributed by atoms with Crippen molar-refractivity contribution in [1.82, 2.24) is 9.99 Å². The number of aromatic amines is 1. The third kappa shape index (κ3) is 3.37. The Kier molecular flexibility index (Phi) is 5.04. The fraction of sp³-hybridized carbons (Fsp3) is 0.286. The molecule has 1 aromatic carbocycles. The van der Waals surface area contributed by atoms with Gasteiger partial charge in [-0.1, -0.05) is 31.2 Å². The molecule has 3 heterocycles. The largest absolute Gasteiger partial charge is 0.313 e. The molecular formula is C21H19F2N3O2S. The van der Waals surface area contributed by atoms with Crippen LogP contribution in [0.3, 0.4) is 0 Å². The summed E-state index contributed by atoms with van der Waals surface area (Å²) in [6, 6.07) is 7.43. The minimum Gasteiger partial charge on any atom is -0.313 e. The van der Waals surface area contributed by atoms with Crippen LogP contribution in [-0.2, 0) is 4.79 Å². The van der Waals surface area contributed by atoms with Crippen molar-refractivity contribution < 1.29 is 13.6 Å². The van der Waals surface area contributed by atoms with Gasteiger partial charge in [-0.15, -0.1) is 11.3 Å². The van der Waals surface area contributed by atoms with E-state index in [2.05, 4.69) is 10.1 Å². The number of carbonyl (C=O) groups excluding carboxylic acids is 1. The van der Waals surface area contributed by atoms with Gasteiger partial charge in [-0.3, -0.25) is 9.59 Å². The Bertz CT molecular complexity index is 1160. The van der Waals surface area contributed by atoms with Gasteiger partial charge in [-0.05, 0) is 29.5 Å². The van der Waals surface area contributed by atoms with Crippen molar-refractivity contribution in [1.29, 1.82) is 0 Å². The zero-order valence-corrected chi connectivity index (χ0v) is 16.7. The van der Waals surface area contributed by atoms with Gasteiger partial charge in [0.15, 0.2) is 0 Å². The Morgan fingerprint density at radius 1 is 1.31 bits per heavy atom. The maximum atomic E-state index is 12.9. The van der Waals surface area contributed by atoms with Crippen LogP contribution in [-0.4, -0.2) is 21.6 Å². The molecule has 0 saturated carbocycles. The number of hydrogen-bond acceptors (Lipinski definition) is 4. The van der Waals surface area contributed by atoms with Gasteiger partial charge < -0.3 is 4.98 Å². The average Bonchev–Trinajstić information content (AvgIpc) is 3.35. The van der Waals surface area contributed by atoms with Gasteiger partial charge in [-0.2, -0.15) is 5.10 Å². The summed E-state index contributed by atoms with van der Waals surface area (Å²) in [7, 11) is 0. The average molecular weight is 415 g/mol. The second kappa shape index (κ2) is 7.51. The number of halogens is 2. The first-order valence-electron chi connectivity index (χ1n) is 9.28. The summed E-state index contributed by atoms with van der Waals surface area (Å²) in [4.78, 5) is 28.9. The smallest absolute Gasteiger partial charge is 0.263 e. The van der Waals surface area contributed by atoms with Crippen LogP contribution in [0.4, 0.5) is 8.78 Å². The molecule has 1 N–H and O–H groups in total. The fourth-order valence-corrected chi connectivity index (χ4v) is 4.54. The molecule has 2 aromatic heterocycles. The highest BCUT2D eigenvalue weighted by Gasteiger charge is 2.34. The lowest BCUT2D eigenvalue weighted by Gasteiger charge is -2.21. The number of aromatic nitrogens is 1. The second-order valence-corrected chi connectivity index (χ2v) is 7.86. The third-order valence-corrected chi connectivity index (χ3v) is 6.06. The van der Waals surface area contributed by atoms with Gasteiger partial charge in [0.05, 0.1) is 17.3 Å². The maximum absolute atomic E-state index is 12.9. The van der Waals surface area contributed by atoms with E-state index in [1.54, 1.807) is 19.1 Å². The number of alkyl halides is 2. The lowest BCUT2D eigenvalue weighted by molar-refractivity contribution is -0.132. The van der Waals surface area contributed by atoms with E-state index >= 15 is 0 Å². The molecule has 0 saturated heterocycles. The summed E-state index contributed by atoms with van der Waals surface area (Å²) in [6.45, 7) is 3.61. The molecule has 150 valence electrons. The van der Waals surface area contributed by atoms with Gasteiger partial charge in [0, 0.05) is 23.8 Å². The summed E-state index contributed by atoms with van der Waals surface area (Å²) in [6.07, 6.45) is -1.95. The van der Waals surface area contributed by atoms with Crippen LogP contribution in [0.15, 0.2) is 45.6 Å². The van der Waals surface area contributed by atoms with Crippen molar-refractivity contribution in [2.24, 2.45) is 5.10 Å². The van der Waals surface area contributed by atoms with Crippen LogP contribution in [0.1, 0.15) is 54.5 Å². The standard InChI is InChI=1S/C21H19F2N3O2S/c1-3-17(27)26-16(12-4-6-13(7-5-12)19(22)23)10-15(25-26)18-11(2)14-8-9-29-21(14)24-20(18)28/h4-9,16,19H,3,10H2,1-2H3,(H,24,28). The Morgan fingerprint density at radius 2 is 2.03 bits per heavy atom. The van der Waals surface area contributed by atoms with Crippen LogP contribution in [0.2, 0.25) is 0 Å². The van der Waals surface area contributed by atoms with Crippen molar-refractivity contribution in [3.05, 3.63) is 68.3 Å². The molecule has 0 spiro atoms. The Morgan fingerprint density at radius 3 is 2.69 bits per heavy atom. The van der Waals surface area contributed by atoms with Crippen molar-refractivity contribution >= 4 is 33.2 Å². The summed E-state index contributed by atoms with van der Waals surface area (Å²) in [5, 5.41) is 8.73. The van der Waals surface area contributed by atoms with E-state index in [1.807, 2.05) is 18.4 Å². The van der Waals surface area contributed by atoms with E-state index in [0.717, 1.165) is 15.8 Å². The topological polar surface area (TPSA) is 65.5 Å². The summed E-state index contributed by atoms with van der Waals surface area (Å²) < 4.78 is 25.8. The first-order valence-corrected chi connectivity index (χ1v) is 10.2. The molecule has 0 aliphatic carbocycles. The molecule has 1 unspecified atom stereocenters. The van der Waals surface area contributed by atoms with Crippen LogP contribution in [0.5, 0.6) is 0 Å². The molecule has 1 amide bonds. The maximum Gasteiger partial charge on any atom is 0.263 e. The number of rotatable bonds is 4. The van der Waals surface area contributed by atoms with Crippen LogP contribution < -0.4 is 5.56 Å². The number of hydrogen-bond donors (Lipinski definition) is 1. The molecule has 1 aliphatic heterocycles. The van der Waals surface area contributed by atoms with Crippen LogP contribution >= 0.6 is 11.3 Å². The number of carbonyl (C=O) groups is 1. The number of thiophene rings is 1. The Hall–Kier alpha value is -2.87. The second-order valence-electron chi connectivity index (χ2n) is 6.94. The minimum absolute atomic E-state index is 0.0727. The fourth-order valence-electron chi connectivity index (χ4n) is 3.70. The molecule has 29 heavy (non-hydrogen) atoms. The van der Waals surface area contributed by atoms with Crippen molar-refractivity contribution in [2.75, 3.05) is 0 Å². The number of fused-ring (bicyclic) bond motifs is 1. The molecule has 5 nitrogen and oxygen atoms in total. The molecule has 1 atom stereocenters. The minimum atomic E-state index is -2.55. The zero-order valence-electron chi connectivity index (χ0n) is 15.9. The van der Waals surface area contributed by atoms with Crippen molar-refractivity contribution in [3.63, 3.8) is 0 Å². The highest BCUT2D eigenvalue weighted by atomic mass is 32.1. The Labute approximate surface area is 169 Å². The number of H-pyrrole nitrogens is 1. The van der Waals surface area contributed by atoms with Gasteiger partial charge in [-0.25, -0.2) is 13.8 Å². The first kappa shape index (κ1) is 19.4. The van der Waals surface area contributed by atoms with Gasteiger partial charge in [0.2, 0.25) is 5.91 Å². The quantitative estimate of drug-likeness (QED) is 0.657. The molecule has 8 heteroatoms. The van der Waals surface area contributed by atoms with E-state index in [0.29, 0.717) is 23.3 Å². The van der Waals surface area contributed by atoms with Crippen molar-refractivity contribution in [3.8, 4) is 0 Å². The number of amides is 1. The van der Waals surface area contributed by atoms with E-state index in [-0.39, 0.29) is 23.5 Å². The summed E-state index contributed by atoms with van der Waals surface area (Å²) in [5.41, 5.74) is 2.21. The van der Waals surface area contributed by atoms with Crippen LogP contribution in [0, 0.1) is 6.92 Å². The number of hydrazone groups is 1.